The van der Waals surface area contributed by atoms with Gasteiger partial charge in [0.1, 0.15) is 0 Å². The molecule has 2 rings (SSSR count). The van der Waals surface area contributed by atoms with Crippen molar-refractivity contribution >= 4 is 6.21 Å². The van der Waals surface area contributed by atoms with Crippen LogP contribution in [0.1, 0.15) is 19.8 Å². The summed E-state index contributed by atoms with van der Waals surface area (Å²) in [5, 5.41) is 0. The van der Waals surface area contributed by atoms with Crippen LogP contribution in [-0.2, 0) is 0 Å². The Morgan fingerprint density at radius 3 is 3.44 bits per heavy atom. The Labute approximate surface area is 55.5 Å². The van der Waals surface area contributed by atoms with Crippen molar-refractivity contribution in [1.82, 2.24) is 0 Å². The summed E-state index contributed by atoms with van der Waals surface area (Å²) in [5.41, 5.74) is 1.44. The van der Waals surface area contributed by atoms with Gasteiger partial charge in [-0.2, -0.15) is 0 Å². The predicted molar refractivity (Wildman–Crippen MR) is 38.5 cm³/mol. The van der Waals surface area contributed by atoms with Crippen molar-refractivity contribution < 1.29 is 0 Å². The van der Waals surface area contributed by atoms with E-state index in [9.17, 15) is 0 Å². The van der Waals surface area contributed by atoms with Crippen LogP contribution in [-0.4, -0.2) is 6.21 Å². The maximum Gasteiger partial charge on any atom is 0.0253 e. The van der Waals surface area contributed by atoms with Crippen molar-refractivity contribution in [3.8, 4) is 0 Å². The van der Waals surface area contributed by atoms with Crippen LogP contribution in [0.25, 0.3) is 0 Å². The SMILES string of the molecule is CC1=CN=CC2CC2C1. The second kappa shape index (κ2) is 1.69. The summed E-state index contributed by atoms with van der Waals surface area (Å²) in [6, 6.07) is 0. The minimum Gasteiger partial charge on any atom is -0.269 e. The number of aliphatic imine (C=N–C) groups is 1. The molecule has 0 spiro atoms. The molecule has 2 aliphatic rings. The Morgan fingerprint density at radius 1 is 1.67 bits per heavy atom. The smallest absolute Gasteiger partial charge is 0.0253 e. The highest BCUT2D eigenvalue weighted by Gasteiger charge is 2.35. The lowest BCUT2D eigenvalue weighted by atomic mass is 10.1. The van der Waals surface area contributed by atoms with Crippen LogP contribution in [0.15, 0.2) is 16.8 Å². The molecule has 0 radical (unpaired) electrons. The molecule has 1 fully saturated rings. The molecule has 1 heterocycles. The lowest BCUT2D eigenvalue weighted by Crippen LogP contribution is -1.80. The highest BCUT2D eigenvalue weighted by molar-refractivity contribution is 5.66. The van der Waals surface area contributed by atoms with Crippen LogP contribution in [0.3, 0.4) is 0 Å². The molecule has 1 aliphatic heterocycles. The maximum atomic E-state index is 4.19. The van der Waals surface area contributed by atoms with Gasteiger partial charge in [-0.1, -0.05) is 5.57 Å². The van der Waals surface area contributed by atoms with Gasteiger partial charge in [-0.3, -0.25) is 4.99 Å². The van der Waals surface area contributed by atoms with Crippen LogP contribution in [0.5, 0.6) is 0 Å². The monoisotopic (exact) mass is 121 g/mol. The van der Waals surface area contributed by atoms with Crippen molar-refractivity contribution in [3.05, 3.63) is 11.8 Å². The fraction of sp³-hybridized carbons (Fsp3) is 0.625. The molecule has 0 bridgehead atoms. The molecule has 9 heavy (non-hydrogen) atoms. The molecule has 0 saturated heterocycles. The number of allylic oxidation sites excluding steroid dienone is 1. The van der Waals surface area contributed by atoms with E-state index in [0.717, 1.165) is 11.8 Å². The number of rotatable bonds is 0. The predicted octanol–water partition coefficient (Wildman–Crippen LogP) is 2.00. The van der Waals surface area contributed by atoms with Gasteiger partial charge in [0, 0.05) is 12.4 Å². The summed E-state index contributed by atoms with van der Waals surface area (Å²) in [5.74, 6) is 1.78. The molecular formula is C8H11N. The zero-order valence-corrected chi connectivity index (χ0v) is 5.67. The molecule has 1 nitrogen and oxygen atoms in total. The fourth-order valence-electron chi connectivity index (χ4n) is 1.44. The van der Waals surface area contributed by atoms with E-state index in [1.165, 1.54) is 18.4 Å². The van der Waals surface area contributed by atoms with E-state index in [1.54, 1.807) is 0 Å². The molecule has 1 saturated carbocycles. The van der Waals surface area contributed by atoms with Gasteiger partial charge in [-0.25, -0.2) is 0 Å². The largest absolute Gasteiger partial charge is 0.269 e. The van der Waals surface area contributed by atoms with Crippen molar-refractivity contribution in [2.45, 2.75) is 19.8 Å². The molecule has 1 aliphatic carbocycles. The molecule has 2 atom stereocenters. The van der Waals surface area contributed by atoms with E-state index in [-0.39, 0.29) is 0 Å². The highest BCUT2D eigenvalue weighted by atomic mass is 14.7. The van der Waals surface area contributed by atoms with E-state index in [0.29, 0.717) is 0 Å². The number of nitrogens with zero attached hydrogens (tertiary/aromatic N) is 1. The first-order valence-electron chi connectivity index (χ1n) is 3.55. The first-order valence-corrected chi connectivity index (χ1v) is 3.55. The average molecular weight is 121 g/mol. The molecule has 1 heteroatoms. The first-order chi connectivity index (χ1) is 4.36. The number of hydrogen-bond donors (Lipinski definition) is 0. The van der Waals surface area contributed by atoms with Crippen molar-refractivity contribution in [3.63, 3.8) is 0 Å². The average Bonchev–Trinajstić information content (AvgIpc) is 2.43. The standard InChI is InChI=1S/C8H11N/c1-6-2-7-3-8(7)5-9-4-6/h4-5,7-8H,2-3H2,1H3. The zero-order chi connectivity index (χ0) is 6.27. The summed E-state index contributed by atoms with van der Waals surface area (Å²) >= 11 is 0. The third kappa shape index (κ3) is 0.913. The van der Waals surface area contributed by atoms with Gasteiger partial charge < -0.3 is 0 Å². The van der Waals surface area contributed by atoms with E-state index in [1.807, 2.05) is 6.20 Å². The molecule has 0 aromatic rings. The molecule has 0 N–H and O–H groups in total. The van der Waals surface area contributed by atoms with Gasteiger partial charge in [-0.05, 0) is 31.6 Å². The van der Waals surface area contributed by atoms with Crippen molar-refractivity contribution in [2.24, 2.45) is 16.8 Å². The minimum absolute atomic E-state index is 0.832. The molecule has 2 unspecified atom stereocenters. The van der Waals surface area contributed by atoms with Crippen LogP contribution < -0.4 is 0 Å². The fourth-order valence-corrected chi connectivity index (χ4v) is 1.44. The topological polar surface area (TPSA) is 12.4 Å². The van der Waals surface area contributed by atoms with E-state index in [4.69, 9.17) is 0 Å². The summed E-state index contributed by atoms with van der Waals surface area (Å²) < 4.78 is 0. The Bertz CT molecular complexity index is 179. The second-order valence-corrected chi connectivity index (χ2v) is 3.14. The minimum atomic E-state index is 0.832. The Kier molecular flexibility index (Phi) is 0.981. The van der Waals surface area contributed by atoms with Crippen molar-refractivity contribution in [2.75, 3.05) is 0 Å². The van der Waals surface area contributed by atoms with Crippen LogP contribution in [0, 0.1) is 11.8 Å². The first kappa shape index (κ1) is 5.21. The van der Waals surface area contributed by atoms with E-state index >= 15 is 0 Å². The van der Waals surface area contributed by atoms with Gasteiger partial charge in [0.2, 0.25) is 0 Å². The van der Waals surface area contributed by atoms with Gasteiger partial charge in [0.15, 0.2) is 0 Å². The normalized spacial score (nSPS) is 39.0. The Hall–Kier alpha value is -0.590. The lowest BCUT2D eigenvalue weighted by Gasteiger charge is -1.91. The summed E-state index contributed by atoms with van der Waals surface area (Å²) in [6.07, 6.45) is 6.76. The summed E-state index contributed by atoms with van der Waals surface area (Å²) in [6.45, 7) is 2.16. The van der Waals surface area contributed by atoms with Gasteiger partial charge in [-0.15, -0.1) is 0 Å². The highest BCUT2D eigenvalue weighted by Crippen LogP contribution is 2.42. The van der Waals surface area contributed by atoms with E-state index in [2.05, 4.69) is 18.1 Å². The van der Waals surface area contributed by atoms with Gasteiger partial charge in [0.05, 0.1) is 0 Å². The lowest BCUT2D eigenvalue weighted by molar-refractivity contribution is 0.798. The number of fused-ring (bicyclic) bond motifs is 1. The molecular weight excluding hydrogens is 110 g/mol. The number of hydrogen-bond acceptors (Lipinski definition) is 1. The molecule has 0 aromatic carbocycles. The zero-order valence-electron chi connectivity index (χ0n) is 5.67. The van der Waals surface area contributed by atoms with Crippen LogP contribution in [0.2, 0.25) is 0 Å². The van der Waals surface area contributed by atoms with Crippen LogP contribution in [0.4, 0.5) is 0 Å². The quantitative estimate of drug-likeness (QED) is 0.465. The van der Waals surface area contributed by atoms with Gasteiger partial charge >= 0.3 is 0 Å². The Balaban J connectivity index is 2.16. The third-order valence-electron chi connectivity index (χ3n) is 2.13. The van der Waals surface area contributed by atoms with Crippen molar-refractivity contribution in [1.29, 1.82) is 0 Å². The van der Waals surface area contributed by atoms with Gasteiger partial charge in [0.25, 0.3) is 0 Å². The second-order valence-electron chi connectivity index (χ2n) is 3.14. The summed E-state index contributed by atoms with van der Waals surface area (Å²) in [4.78, 5) is 4.19. The van der Waals surface area contributed by atoms with E-state index < -0.39 is 0 Å². The summed E-state index contributed by atoms with van der Waals surface area (Å²) in [7, 11) is 0. The van der Waals surface area contributed by atoms with Crippen LogP contribution >= 0.6 is 0 Å². The maximum absolute atomic E-state index is 4.19. The Morgan fingerprint density at radius 2 is 2.56 bits per heavy atom. The molecule has 48 valence electrons. The third-order valence-corrected chi connectivity index (χ3v) is 2.13. The molecule has 0 amide bonds. The molecule has 0 aromatic heterocycles.